The number of benzene rings is 1. The van der Waals surface area contributed by atoms with Gasteiger partial charge in [-0.1, -0.05) is 58.9 Å². The predicted octanol–water partition coefficient (Wildman–Crippen LogP) is 5.80. The molecule has 4 heteroatoms. The summed E-state index contributed by atoms with van der Waals surface area (Å²) < 4.78 is 10.7. The Labute approximate surface area is 158 Å². The summed E-state index contributed by atoms with van der Waals surface area (Å²) in [6.07, 6.45) is 8.07. The second-order valence-corrected chi connectivity index (χ2v) is 7.35. The Morgan fingerprint density at radius 3 is 2.19 bits per heavy atom. The van der Waals surface area contributed by atoms with Crippen LogP contribution in [-0.2, 0) is 9.47 Å². The highest BCUT2D eigenvalue weighted by molar-refractivity contribution is 5.95. The van der Waals surface area contributed by atoms with E-state index in [2.05, 4.69) is 6.92 Å². The molecule has 1 aromatic carbocycles. The van der Waals surface area contributed by atoms with Gasteiger partial charge in [0.25, 0.3) is 0 Å². The quantitative estimate of drug-likeness (QED) is 0.348. The van der Waals surface area contributed by atoms with Crippen molar-refractivity contribution in [1.29, 1.82) is 0 Å². The van der Waals surface area contributed by atoms with Gasteiger partial charge in [0, 0.05) is 0 Å². The van der Waals surface area contributed by atoms with Gasteiger partial charge in [-0.3, -0.25) is 0 Å². The number of ether oxygens (including phenoxy) is 2. The van der Waals surface area contributed by atoms with Gasteiger partial charge in [0.15, 0.2) is 0 Å². The number of carbonyl (C=O) groups excluding carboxylic acids is 2. The summed E-state index contributed by atoms with van der Waals surface area (Å²) in [7, 11) is 0. The first kappa shape index (κ1) is 22.2. The van der Waals surface area contributed by atoms with Gasteiger partial charge in [-0.25, -0.2) is 9.59 Å². The normalized spacial score (nSPS) is 12.0. The standard InChI is InChI=1S/C22H34O4/c1-5-6-7-8-9-10-12-18(4)26-22(24)20-14-11-13-19(15-20)21(23)25-16-17(2)3/h11,13-15,17-18H,5-10,12,16H2,1-4H3. The molecule has 0 spiro atoms. The van der Waals surface area contributed by atoms with E-state index < -0.39 is 5.97 Å². The molecule has 1 aromatic rings. The second-order valence-electron chi connectivity index (χ2n) is 7.35. The lowest BCUT2D eigenvalue weighted by Gasteiger charge is -2.13. The summed E-state index contributed by atoms with van der Waals surface area (Å²) >= 11 is 0. The molecule has 0 aromatic heterocycles. The maximum Gasteiger partial charge on any atom is 0.338 e. The van der Waals surface area contributed by atoms with E-state index in [1.807, 2.05) is 20.8 Å². The summed E-state index contributed by atoms with van der Waals surface area (Å²) in [4.78, 5) is 24.3. The van der Waals surface area contributed by atoms with Crippen molar-refractivity contribution in [2.45, 2.75) is 78.7 Å². The van der Waals surface area contributed by atoms with Crippen molar-refractivity contribution >= 4 is 11.9 Å². The molecule has 0 saturated carbocycles. The maximum atomic E-state index is 12.3. The van der Waals surface area contributed by atoms with E-state index in [4.69, 9.17) is 9.47 Å². The number of rotatable bonds is 12. The average molecular weight is 363 g/mol. The molecule has 0 aliphatic heterocycles. The number of hydrogen-bond acceptors (Lipinski definition) is 4. The van der Waals surface area contributed by atoms with Crippen LogP contribution in [0.1, 0.15) is 93.4 Å². The molecule has 0 bridgehead atoms. The minimum absolute atomic E-state index is 0.120. The van der Waals surface area contributed by atoms with Gasteiger partial charge < -0.3 is 9.47 Å². The first-order valence-corrected chi connectivity index (χ1v) is 9.92. The zero-order chi connectivity index (χ0) is 19.4. The molecule has 0 saturated heterocycles. The van der Waals surface area contributed by atoms with Crippen LogP contribution in [0.4, 0.5) is 0 Å². The molecule has 0 aliphatic carbocycles. The van der Waals surface area contributed by atoms with Crippen LogP contribution >= 0.6 is 0 Å². The van der Waals surface area contributed by atoms with Gasteiger partial charge in [-0.05, 0) is 43.9 Å². The van der Waals surface area contributed by atoms with E-state index >= 15 is 0 Å². The Bertz CT molecular complexity index is 551. The van der Waals surface area contributed by atoms with Crippen LogP contribution in [0.2, 0.25) is 0 Å². The highest BCUT2D eigenvalue weighted by Crippen LogP contribution is 2.14. The molecule has 1 rings (SSSR count). The fraction of sp³-hybridized carbons (Fsp3) is 0.636. The van der Waals surface area contributed by atoms with E-state index in [-0.39, 0.29) is 18.0 Å². The van der Waals surface area contributed by atoms with E-state index in [9.17, 15) is 9.59 Å². The molecule has 0 N–H and O–H groups in total. The molecule has 0 aliphatic rings. The van der Waals surface area contributed by atoms with Gasteiger partial charge in [0.05, 0.1) is 23.8 Å². The Morgan fingerprint density at radius 1 is 0.923 bits per heavy atom. The van der Waals surface area contributed by atoms with Crippen molar-refractivity contribution in [3.05, 3.63) is 35.4 Å². The molecule has 0 amide bonds. The van der Waals surface area contributed by atoms with Crippen LogP contribution in [-0.4, -0.2) is 24.6 Å². The van der Waals surface area contributed by atoms with E-state index in [1.165, 1.54) is 32.1 Å². The van der Waals surface area contributed by atoms with Crippen LogP contribution in [0.25, 0.3) is 0 Å². The lowest BCUT2D eigenvalue weighted by Crippen LogP contribution is -2.16. The molecule has 146 valence electrons. The zero-order valence-corrected chi connectivity index (χ0v) is 16.8. The molecule has 0 fully saturated rings. The first-order valence-electron chi connectivity index (χ1n) is 9.92. The van der Waals surface area contributed by atoms with E-state index in [1.54, 1.807) is 24.3 Å². The summed E-state index contributed by atoms with van der Waals surface area (Å²) in [5.74, 6) is -0.523. The number of unbranched alkanes of at least 4 members (excludes halogenated alkanes) is 5. The fourth-order valence-corrected chi connectivity index (χ4v) is 2.62. The molecule has 0 radical (unpaired) electrons. The Balaban J connectivity index is 2.44. The van der Waals surface area contributed by atoms with Crippen LogP contribution in [0.15, 0.2) is 24.3 Å². The topological polar surface area (TPSA) is 52.6 Å². The first-order chi connectivity index (χ1) is 12.4. The van der Waals surface area contributed by atoms with Crippen molar-refractivity contribution in [1.82, 2.24) is 0 Å². The lowest BCUT2D eigenvalue weighted by molar-refractivity contribution is 0.0319. The maximum absolute atomic E-state index is 12.3. The van der Waals surface area contributed by atoms with Gasteiger partial charge in [0.2, 0.25) is 0 Å². The largest absolute Gasteiger partial charge is 0.462 e. The van der Waals surface area contributed by atoms with Crippen LogP contribution in [0.3, 0.4) is 0 Å². The molecule has 26 heavy (non-hydrogen) atoms. The molecule has 4 nitrogen and oxygen atoms in total. The molecular weight excluding hydrogens is 328 g/mol. The fourth-order valence-electron chi connectivity index (χ4n) is 2.62. The average Bonchev–Trinajstić information content (AvgIpc) is 2.62. The minimum Gasteiger partial charge on any atom is -0.462 e. The third kappa shape index (κ3) is 9.02. The third-order valence-electron chi connectivity index (χ3n) is 4.15. The van der Waals surface area contributed by atoms with Crippen molar-refractivity contribution in [2.24, 2.45) is 5.92 Å². The summed E-state index contributed by atoms with van der Waals surface area (Å²) in [6.45, 7) is 8.45. The van der Waals surface area contributed by atoms with Gasteiger partial charge in [-0.15, -0.1) is 0 Å². The van der Waals surface area contributed by atoms with Crippen molar-refractivity contribution < 1.29 is 19.1 Å². The number of hydrogen-bond donors (Lipinski definition) is 0. The van der Waals surface area contributed by atoms with E-state index in [0.717, 1.165) is 12.8 Å². The Hall–Kier alpha value is -1.84. The second kappa shape index (κ2) is 12.5. The smallest absolute Gasteiger partial charge is 0.338 e. The Kier molecular flexibility index (Phi) is 10.7. The molecule has 1 atom stereocenters. The number of esters is 2. The highest BCUT2D eigenvalue weighted by Gasteiger charge is 2.15. The van der Waals surface area contributed by atoms with Crippen LogP contribution < -0.4 is 0 Å². The monoisotopic (exact) mass is 362 g/mol. The lowest BCUT2D eigenvalue weighted by atomic mass is 10.1. The van der Waals surface area contributed by atoms with E-state index in [0.29, 0.717) is 17.7 Å². The highest BCUT2D eigenvalue weighted by atomic mass is 16.5. The van der Waals surface area contributed by atoms with Crippen LogP contribution in [0.5, 0.6) is 0 Å². The summed E-state index contributed by atoms with van der Waals surface area (Å²) in [5.41, 5.74) is 0.766. The SMILES string of the molecule is CCCCCCCCC(C)OC(=O)c1cccc(C(=O)OCC(C)C)c1. The number of carbonyl (C=O) groups is 2. The van der Waals surface area contributed by atoms with Crippen LogP contribution in [0, 0.1) is 5.92 Å². The predicted molar refractivity (Wildman–Crippen MR) is 104 cm³/mol. The summed E-state index contributed by atoms with van der Waals surface area (Å²) in [5, 5.41) is 0. The van der Waals surface area contributed by atoms with Crippen molar-refractivity contribution in [3.63, 3.8) is 0 Å². The summed E-state index contributed by atoms with van der Waals surface area (Å²) in [6, 6.07) is 6.54. The van der Waals surface area contributed by atoms with Gasteiger partial charge in [0.1, 0.15) is 0 Å². The minimum atomic E-state index is -0.409. The zero-order valence-electron chi connectivity index (χ0n) is 16.8. The van der Waals surface area contributed by atoms with Gasteiger partial charge in [-0.2, -0.15) is 0 Å². The van der Waals surface area contributed by atoms with Crippen molar-refractivity contribution in [2.75, 3.05) is 6.61 Å². The Morgan fingerprint density at radius 2 is 1.54 bits per heavy atom. The molecule has 0 heterocycles. The van der Waals surface area contributed by atoms with Crippen molar-refractivity contribution in [3.8, 4) is 0 Å². The molecular formula is C22H34O4. The molecule has 1 unspecified atom stereocenters. The third-order valence-corrected chi connectivity index (χ3v) is 4.15. The van der Waals surface area contributed by atoms with Gasteiger partial charge >= 0.3 is 11.9 Å².